The molecule has 0 saturated heterocycles. The maximum atomic E-state index is 5.18. The first-order chi connectivity index (χ1) is 5.43. The van der Waals surface area contributed by atoms with Crippen molar-refractivity contribution in [2.24, 2.45) is 4.99 Å². The van der Waals surface area contributed by atoms with Crippen molar-refractivity contribution in [3.8, 4) is 0 Å². The Labute approximate surface area is 66.1 Å². The molecule has 0 aromatic heterocycles. The third kappa shape index (κ3) is 3.15. The minimum Gasteiger partial charge on any atom is -0.382 e. The van der Waals surface area contributed by atoms with Gasteiger partial charge in [0.1, 0.15) is 6.67 Å². The van der Waals surface area contributed by atoms with E-state index < -0.39 is 0 Å². The van der Waals surface area contributed by atoms with Crippen molar-refractivity contribution in [2.45, 2.75) is 0 Å². The van der Waals surface area contributed by atoms with Crippen molar-refractivity contribution in [1.29, 1.82) is 0 Å². The molecule has 0 aliphatic carbocycles. The first kappa shape index (κ1) is 8.23. The largest absolute Gasteiger partial charge is 0.382 e. The molecule has 4 nitrogen and oxygen atoms in total. The molecule has 0 spiro atoms. The van der Waals surface area contributed by atoms with Crippen LogP contribution in [0, 0.1) is 6.20 Å². The Morgan fingerprint density at radius 3 is 3.18 bits per heavy atom. The van der Waals surface area contributed by atoms with Crippen molar-refractivity contribution >= 4 is 6.21 Å². The van der Waals surface area contributed by atoms with Gasteiger partial charge in [-0.3, -0.25) is 9.83 Å². The van der Waals surface area contributed by atoms with Crippen LogP contribution in [0.4, 0.5) is 0 Å². The molecule has 0 aromatic rings. The van der Waals surface area contributed by atoms with E-state index in [1.54, 1.807) is 24.5 Å². The van der Waals surface area contributed by atoms with E-state index in [4.69, 9.17) is 9.57 Å². The number of ether oxygens (including phenoxy) is 1. The summed E-state index contributed by atoms with van der Waals surface area (Å²) in [4.78, 5) is 9.13. The number of rotatable bonds is 4. The molecule has 1 radical (unpaired) electrons. The molecular weight excluding hydrogens is 144 g/mol. The molecule has 0 amide bonds. The summed E-state index contributed by atoms with van der Waals surface area (Å²) in [7, 11) is 1.64. The molecule has 11 heavy (non-hydrogen) atoms. The average Bonchev–Trinajstić information content (AvgIpc) is 2.07. The fourth-order valence-electron chi connectivity index (χ4n) is 0.640. The number of aliphatic imine (C=N–C) groups is 1. The third-order valence-corrected chi connectivity index (χ3v) is 1.14. The van der Waals surface area contributed by atoms with E-state index in [0.29, 0.717) is 19.9 Å². The van der Waals surface area contributed by atoms with Crippen LogP contribution in [0.3, 0.4) is 0 Å². The van der Waals surface area contributed by atoms with Crippen LogP contribution < -0.4 is 0 Å². The van der Waals surface area contributed by atoms with Gasteiger partial charge in [-0.2, -0.15) is 0 Å². The summed E-state index contributed by atoms with van der Waals surface area (Å²) in [6.07, 6.45) is 6.25. The summed E-state index contributed by atoms with van der Waals surface area (Å²) in [5, 5.41) is 1.54. The summed E-state index contributed by atoms with van der Waals surface area (Å²) < 4.78 is 4.80. The quantitative estimate of drug-likeness (QED) is 0.545. The molecule has 4 heteroatoms. The molecule has 0 N–H and O–H groups in total. The third-order valence-electron chi connectivity index (χ3n) is 1.14. The van der Waals surface area contributed by atoms with Crippen LogP contribution in [-0.2, 0) is 9.57 Å². The second-order valence-corrected chi connectivity index (χ2v) is 1.97. The zero-order chi connectivity index (χ0) is 7.94. The molecule has 0 aromatic carbocycles. The summed E-state index contributed by atoms with van der Waals surface area (Å²) in [5.74, 6) is 0. The van der Waals surface area contributed by atoms with E-state index in [1.165, 1.54) is 0 Å². The van der Waals surface area contributed by atoms with Gasteiger partial charge in [-0.15, -0.1) is 0 Å². The summed E-state index contributed by atoms with van der Waals surface area (Å²) in [6, 6.07) is 0. The Balaban J connectivity index is 2.07. The van der Waals surface area contributed by atoms with Crippen LogP contribution >= 0.6 is 0 Å². The zero-order valence-corrected chi connectivity index (χ0v) is 6.49. The van der Waals surface area contributed by atoms with Crippen LogP contribution in [0.15, 0.2) is 11.1 Å². The van der Waals surface area contributed by atoms with Crippen molar-refractivity contribution < 1.29 is 9.57 Å². The molecule has 1 aliphatic heterocycles. The lowest BCUT2D eigenvalue weighted by Gasteiger charge is -2.17. The Morgan fingerprint density at radius 2 is 2.55 bits per heavy atom. The van der Waals surface area contributed by atoms with E-state index in [1.807, 2.05) is 0 Å². The van der Waals surface area contributed by atoms with E-state index in [0.717, 1.165) is 0 Å². The maximum Gasteiger partial charge on any atom is 0.135 e. The Morgan fingerprint density at radius 1 is 1.64 bits per heavy atom. The normalized spacial score (nSPS) is 15.9. The first-order valence-electron chi connectivity index (χ1n) is 3.40. The topological polar surface area (TPSA) is 34.1 Å². The Kier molecular flexibility index (Phi) is 3.64. The number of nitrogens with zero attached hydrogens (tertiary/aromatic N) is 2. The maximum absolute atomic E-state index is 5.18. The van der Waals surface area contributed by atoms with Gasteiger partial charge in [0.25, 0.3) is 0 Å². The highest BCUT2D eigenvalue weighted by Gasteiger charge is 1.99. The second-order valence-electron chi connectivity index (χ2n) is 1.97. The Bertz CT molecular complexity index is 157. The molecule has 1 rings (SSSR count). The van der Waals surface area contributed by atoms with Gasteiger partial charge in [0.05, 0.1) is 19.4 Å². The van der Waals surface area contributed by atoms with Crippen molar-refractivity contribution in [2.75, 3.05) is 27.0 Å². The van der Waals surface area contributed by atoms with Crippen LogP contribution in [0.5, 0.6) is 0 Å². The lowest BCUT2D eigenvalue weighted by molar-refractivity contribution is -0.137. The lowest BCUT2D eigenvalue weighted by Crippen LogP contribution is -2.22. The van der Waals surface area contributed by atoms with Gasteiger partial charge < -0.3 is 4.74 Å². The molecule has 0 fully saturated rings. The molecule has 1 aliphatic rings. The van der Waals surface area contributed by atoms with Gasteiger partial charge in [-0.25, -0.2) is 5.06 Å². The standard InChI is InChI=1S/C7H11N2O2/c1-10-5-6-11-9-4-2-3-8-7-9/h2-3H,5-7H2,1H3. The molecular formula is C7H11N2O2. The average molecular weight is 155 g/mol. The van der Waals surface area contributed by atoms with Gasteiger partial charge >= 0.3 is 0 Å². The number of hydroxylamine groups is 2. The molecule has 1 heterocycles. The zero-order valence-electron chi connectivity index (χ0n) is 6.49. The smallest absolute Gasteiger partial charge is 0.135 e. The molecule has 0 unspecified atom stereocenters. The van der Waals surface area contributed by atoms with E-state index in [9.17, 15) is 0 Å². The number of methoxy groups -OCH3 is 1. The highest BCUT2D eigenvalue weighted by Crippen LogP contribution is 1.94. The summed E-state index contributed by atoms with van der Waals surface area (Å²) in [6.45, 7) is 1.63. The number of hydrogen-bond acceptors (Lipinski definition) is 4. The van der Waals surface area contributed by atoms with Gasteiger partial charge in [0.2, 0.25) is 0 Å². The van der Waals surface area contributed by atoms with Gasteiger partial charge in [0, 0.05) is 13.3 Å². The predicted molar refractivity (Wildman–Crippen MR) is 40.8 cm³/mol. The second kappa shape index (κ2) is 4.87. The highest BCUT2D eigenvalue weighted by atomic mass is 16.7. The first-order valence-corrected chi connectivity index (χ1v) is 3.40. The van der Waals surface area contributed by atoms with Crippen molar-refractivity contribution in [3.05, 3.63) is 12.3 Å². The predicted octanol–water partition coefficient (Wildman–Crippen LogP) is 0.225. The lowest BCUT2D eigenvalue weighted by atomic mass is 10.6. The van der Waals surface area contributed by atoms with E-state index >= 15 is 0 Å². The van der Waals surface area contributed by atoms with Crippen LogP contribution in [0.25, 0.3) is 0 Å². The van der Waals surface area contributed by atoms with E-state index in [-0.39, 0.29) is 0 Å². The van der Waals surface area contributed by atoms with Gasteiger partial charge in [0.15, 0.2) is 0 Å². The van der Waals surface area contributed by atoms with Crippen molar-refractivity contribution in [1.82, 2.24) is 5.06 Å². The Hall–Kier alpha value is -0.870. The summed E-state index contributed by atoms with van der Waals surface area (Å²) in [5.41, 5.74) is 0. The van der Waals surface area contributed by atoms with E-state index in [2.05, 4.69) is 11.2 Å². The molecule has 0 bridgehead atoms. The van der Waals surface area contributed by atoms with Crippen LogP contribution in [0.2, 0.25) is 0 Å². The van der Waals surface area contributed by atoms with Crippen LogP contribution in [-0.4, -0.2) is 38.3 Å². The minimum atomic E-state index is 0.514. The molecule has 61 valence electrons. The fourth-order valence-corrected chi connectivity index (χ4v) is 0.640. The van der Waals surface area contributed by atoms with Crippen LogP contribution in [0.1, 0.15) is 0 Å². The number of hydrogen-bond donors (Lipinski definition) is 0. The molecule has 0 atom stereocenters. The molecule has 0 saturated carbocycles. The monoisotopic (exact) mass is 155 g/mol. The van der Waals surface area contributed by atoms with Crippen molar-refractivity contribution in [3.63, 3.8) is 0 Å². The summed E-state index contributed by atoms with van der Waals surface area (Å²) >= 11 is 0. The SMILES string of the molecule is COCCON1[C]=CC=NC1. The number of allylic oxidation sites excluding steroid dienone is 1. The highest BCUT2D eigenvalue weighted by molar-refractivity contribution is 5.70. The minimum absolute atomic E-state index is 0.514. The fraction of sp³-hybridized carbons (Fsp3) is 0.571. The van der Waals surface area contributed by atoms with Gasteiger partial charge in [-0.1, -0.05) is 0 Å². The van der Waals surface area contributed by atoms with Gasteiger partial charge in [-0.05, 0) is 6.08 Å².